The van der Waals surface area contributed by atoms with Crippen LogP contribution in [0.3, 0.4) is 0 Å². The van der Waals surface area contributed by atoms with E-state index in [2.05, 4.69) is 44.6 Å². The van der Waals surface area contributed by atoms with Gasteiger partial charge in [-0.3, -0.25) is 4.90 Å². The third kappa shape index (κ3) is 2.93. The second-order valence-corrected chi connectivity index (χ2v) is 6.97. The average Bonchev–Trinajstić information content (AvgIpc) is 3.20. The fourth-order valence-electron chi connectivity index (χ4n) is 3.76. The molecule has 3 aromatic rings. The van der Waals surface area contributed by atoms with Gasteiger partial charge in [-0.25, -0.2) is 4.98 Å². The predicted octanol–water partition coefficient (Wildman–Crippen LogP) is 3.16. The van der Waals surface area contributed by atoms with Crippen molar-refractivity contribution in [1.29, 1.82) is 0 Å². The molecule has 2 N–H and O–H groups in total. The minimum atomic E-state index is 0.496. The Labute approximate surface area is 146 Å². The lowest BCUT2D eigenvalue weighted by Crippen LogP contribution is -2.23. The number of nitrogens with zero attached hydrogens (tertiary/aromatic N) is 3. The first-order valence-corrected chi connectivity index (χ1v) is 8.71. The molecule has 5 heteroatoms. The smallest absolute Gasteiger partial charge is 0.137 e. The second kappa shape index (κ2) is 6.55. The number of rotatable bonds is 4. The molecule has 0 radical (unpaired) electrons. The quantitative estimate of drug-likeness (QED) is 0.793. The van der Waals surface area contributed by atoms with Gasteiger partial charge in [0.05, 0.1) is 16.9 Å². The van der Waals surface area contributed by atoms with Crippen molar-refractivity contribution in [2.45, 2.75) is 12.5 Å². The number of hydrogen-bond donors (Lipinski definition) is 1. The lowest BCUT2D eigenvalue weighted by molar-refractivity contribution is 0.312. The summed E-state index contributed by atoms with van der Waals surface area (Å²) in [6, 6.07) is 14.5. The molecular formula is C19H21ClN4. The molecular weight excluding hydrogens is 320 g/mol. The SMILES string of the molecule is NC[C@@H]1CN(Cc2cnc3ccc(Cl)cn23)C[C@H]1c1ccccc1. The second-order valence-electron chi connectivity index (χ2n) is 6.53. The summed E-state index contributed by atoms with van der Waals surface area (Å²) in [5.41, 5.74) is 9.53. The van der Waals surface area contributed by atoms with E-state index in [-0.39, 0.29) is 0 Å². The van der Waals surface area contributed by atoms with E-state index in [1.54, 1.807) is 0 Å². The summed E-state index contributed by atoms with van der Waals surface area (Å²) in [5, 5.41) is 0.727. The number of likely N-dealkylation sites (tertiary alicyclic amines) is 1. The molecule has 0 saturated carbocycles. The standard InChI is InChI=1S/C19H21ClN4/c20-16-6-7-19-22-9-17(24(19)11-16)12-23-10-15(8-21)18(13-23)14-4-2-1-3-5-14/h1-7,9,11,15,18H,8,10,12-13,21H2/t15-,18+/m1/s1. The summed E-state index contributed by atoms with van der Waals surface area (Å²) in [6.45, 7) is 3.62. The molecule has 1 fully saturated rings. The van der Waals surface area contributed by atoms with Crippen LogP contribution in [0.15, 0.2) is 54.9 Å². The Balaban J connectivity index is 1.56. The molecule has 124 valence electrons. The number of imidazole rings is 1. The fourth-order valence-corrected chi connectivity index (χ4v) is 3.92. The molecule has 2 atom stereocenters. The number of aromatic nitrogens is 2. The highest BCUT2D eigenvalue weighted by Crippen LogP contribution is 2.32. The molecule has 3 heterocycles. The van der Waals surface area contributed by atoms with Crippen LogP contribution in [0.5, 0.6) is 0 Å². The van der Waals surface area contributed by atoms with Gasteiger partial charge >= 0.3 is 0 Å². The highest BCUT2D eigenvalue weighted by atomic mass is 35.5. The van der Waals surface area contributed by atoms with Crippen LogP contribution in [0, 0.1) is 5.92 Å². The van der Waals surface area contributed by atoms with Gasteiger partial charge in [-0.15, -0.1) is 0 Å². The topological polar surface area (TPSA) is 46.6 Å². The third-order valence-corrected chi connectivity index (χ3v) is 5.20. The molecule has 4 nitrogen and oxygen atoms in total. The van der Waals surface area contributed by atoms with Crippen molar-refractivity contribution in [1.82, 2.24) is 14.3 Å². The minimum absolute atomic E-state index is 0.496. The number of halogens is 1. The minimum Gasteiger partial charge on any atom is -0.330 e. The summed E-state index contributed by atoms with van der Waals surface area (Å²) in [4.78, 5) is 6.94. The van der Waals surface area contributed by atoms with Gasteiger partial charge in [0, 0.05) is 31.7 Å². The summed E-state index contributed by atoms with van der Waals surface area (Å²) in [6.07, 6.45) is 3.88. The molecule has 0 unspecified atom stereocenters. The van der Waals surface area contributed by atoms with E-state index in [1.165, 1.54) is 5.56 Å². The summed E-state index contributed by atoms with van der Waals surface area (Å²) in [7, 11) is 0. The van der Waals surface area contributed by atoms with Gasteiger partial charge in [-0.05, 0) is 30.2 Å². The Hall–Kier alpha value is -1.88. The normalized spacial score (nSPS) is 21.6. The van der Waals surface area contributed by atoms with Gasteiger partial charge in [0.15, 0.2) is 0 Å². The zero-order chi connectivity index (χ0) is 16.5. The van der Waals surface area contributed by atoms with E-state index in [0.717, 1.165) is 42.5 Å². The van der Waals surface area contributed by atoms with E-state index in [1.807, 2.05) is 24.5 Å². The van der Waals surface area contributed by atoms with Gasteiger partial charge in [-0.1, -0.05) is 41.9 Å². The summed E-state index contributed by atoms with van der Waals surface area (Å²) < 4.78 is 2.08. The van der Waals surface area contributed by atoms with E-state index >= 15 is 0 Å². The van der Waals surface area contributed by atoms with Crippen LogP contribution in [-0.2, 0) is 6.54 Å². The molecule has 2 aromatic heterocycles. The number of nitrogens with two attached hydrogens (primary N) is 1. The maximum atomic E-state index is 6.13. The van der Waals surface area contributed by atoms with Crippen molar-refractivity contribution in [3.8, 4) is 0 Å². The zero-order valence-corrected chi connectivity index (χ0v) is 14.2. The van der Waals surface area contributed by atoms with Crippen molar-refractivity contribution in [3.05, 3.63) is 71.1 Å². The number of hydrogen-bond acceptors (Lipinski definition) is 3. The highest BCUT2D eigenvalue weighted by Gasteiger charge is 2.33. The van der Waals surface area contributed by atoms with Crippen LogP contribution in [0.1, 0.15) is 17.2 Å². The molecule has 0 amide bonds. The summed E-state index contributed by atoms with van der Waals surface area (Å²) >= 11 is 6.13. The highest BCUT2D eigenvalue weighted by molar-refractivity contribution is 6.30. The zero-order valence-electron chi connectivity index (χ0n) is 13.5. The van der Waals surface area contributed by atoms with E-state index in [0.29, 0.717) is 11.8 Å². The first-order chi connectivity index (χ1) is 11.7. The monoisotopic (exact) mass is 340 g/mol. The van der Waals surface area contributed by atoms with E-state index in [9.17, 15) is 0 Å². The molecule has 1 aromatic carbocycles. The van der Waals surface area contributed by atoms with Crippen molar-refractivity contribution < 1.29 is 0 Å². The van der Waals surface area contributed by atoms with Crippen LogP contribution in [0.25, 0.3) is 5.65 Å². The van der Waals surface area contributed by atoms with Crippen LogP contribution < -0.4 is 5.73 Å². The van der Waals surface area contributed by atoms with Gasteiger partial charge in [0.2, 0.25) is 0 Å². The average molecular weight is 341 g/mol. The number of benzene rings is 1. The van der Waals surface area contributed by atoms with Crippen molar-refractivity contribution in [2.75, 3.05) is 19.6 Å². The van der Waals surface area contributed by atoms with Crippen molar-refractivity contribution in [2.24, 2.45) is 11.7 Å². The predicted molar refractivity (Wildman–Crippen MR) is 97.2 cm³/mol. The Morgan fingerprint density at radius 3 is 2.75 bits per heavy atom. The van der Waals surface area contributed by atoms with Gasteiger partial charge < -0.3 is 10.1 Å². The number of pyridine rings is 1. The molecule has 1 aliphatic heterocycles. The maximum absolute atomic E-state index is 6.13. The molecule has 24 heavy (non-hydrogen) atoms. The van der Waals surface area contributed by atoms with E-state index < -0.39 is 0 Å². The molecule has 0 aliphatic carbocycles. The molecule has 0 bridgehead atoms. The van der Waals surface area contributed by atoms with Crippen LogP contribution >= 0.6 is 11.6 Å². The Morgan fingerprint density at radius 1 is 1.12 bits per heavy atom. The Morgan fingerprint density at radius 2 is 1.96 bits per heavy atom. The molecule has 0 spiro atoms. The lowest BCUT2D eigenvalue weighted by Gasteiger charge is -2.16. The van der Waals surface area contributed by atoms with Crippen LogP contribution in [0.2, 0.25) is 5.02 Å². The van der Waals surface area contributed by atoms with Crippen LogP contribution in [-0.4, -0.2) is 33.9 Å². The first kappa shape index (κ1) is 15.6. The molecule has 1 aliphatic rings. The van der Waals surface area contributed by atoms with Gasteiger partial charge in [0.1, 0.15) is 5.65 Å². The van der Waals surface area contributed by atoms with Crippen molar-refractivity contribution >= 4 is 17.2 Å². The number of fused-ring (bicyclic) bond motifs is 1. The molecule has 1 saturated heterocycles. The first-order valence-electron chi connectivity index (χ1n) is 8.33. The maximum Gasteiger partial charge on any atom is 0.137 e. The van der Waals surface area contributed by atoms with Crippen LogP contribution in [0.4, 0.5) is 0 Å². The third-order valence-electron chi connectivity index (χ3n) is 4.98. The largest absolute Gasteiger partial charge is 0.330 e. The van der Waals surface area contributed by atoms with E-state index in [4.69, 9.17) is 17.3 Å². The lowest BCUT2D eigenvalue weighted by atomic mass is 9.89. The Bertz CT molecular complexity index is 830. The van der Waals surface area contributed by atoms with Gasteiger partial charge in [0.25, 0.3) is 0 Å². The van der Waals surface area contributed by atoms with Crippen molar-refractivity contribution in [3.63, 3.8) is 0 Å². The summed E-state index contributed by atoms with van der Waals surface area (Å²) in [5.74, 6) is 0.995. The molecule has 4 rings (SSSR count). The fraction of sp³-hybridized carbons (Fsp3) is 0.316. The Kier molecular flexibility index (Phi) is 4.27. The van der Waals surface area contributed by atoms with Gasteiger partial charge in [-0.2, -0.15) is 0 Å².